The summed E-state index contributed by atoms with van der Waals surface area (Å²) in [5.41, 5.74) is 0. The molecule has 1 heterocycles. The maximum Gasteiger partial charge on any atom is 0.160 e. The van der Waals surface area contributed by atoms with E-state index in [1.165, 1.54) is 6.92 Å². The van der Waals surface area contributed by atoms with Crippen LogP contribution in [-0.4, -0.2) is 25.3 Å². The fourth-order valence-corrected chi connectivity index (χ4v) is 0.568. The molecular weight excluding hydrogens is 108 g/mol. The molecule has 46 valence electrons. The number of ether oxygens (including phenoxy) is 2. The quantitative estimate of drug-likeness (QED) is 0.481. The second-order valence-corrected chi connectivity index (χ2v) is 1.75. The van der Waals surface area contributed by atoms with Gasteiger partial charge in [0.2, 0.25) is 0 Å². The second kappa shape index (κ2) is 2.24. The Morgan fingerprint density at radius 1 is 1.75 bits per heavy atom. The summed E-state index contributed by atoms with van der Waals surface area (Å²) in [5, 5.41) is 0. The van der Waals surface area contributed by atoms with Crippen molar-refractivity contribution in [3.8, 4) is 0 Å². The lowest BCUT2D eigenvalue weighted by Crippen LogP contribution is -2.18. The third-order valence-electron chi connectivity index (χ3n) is 1.08. The van der Waals surface area contributed by atoms with Crippen molar-refractivity contribution < 1.29 is 14.3 Å². The van der Waals surface area contributed by atoms with Gasteiger partial charge in [-0.3, -0.25) is 4.79 Å². The molecule has 1 aliphatic heterocycles. The van der Waals surface area contributed by atoms with Gasteiger partial charge in [0.05, 0.1) is 6.61 Å². The zero-order valence-corrected chi connectivity index (χ0v) is 4.72. The Kier molecular flexibility index (Phi) is 1.60. The number of Topliss-reactive ketones (excluding diaryl/α,β-unsaturated/α-hetero) is 1. The molecule has 3 heteroatoms. The van der Waals surface area contributed by atoms with E-state index in [9.17, 15) is 4.79 Å². The zero-order chi connectivity index (χ0) is 5.98. The smallest absolute Gasteiger partial charge is 0.160 e. The molecule has 1 fully saturated rings. The van der Waals surface area contributed by atoms with E-state index in [0.29, 0.717) is 6.61 Å². The maximum absolute atomic E-state index is 10.4. The van der Waals surface area contributed by atoms with Crippen LogP contribution in [0.25, 0.3) is 0 Å². The number of carbonyl (C=O) groups excluding carboxylic acids is 1. The van der Waals surface area contributed by atoms with Crippen molar-refractivity contribution in [3.05, 3.63) is 0 Å². The van der Waals surface area contributed by atoms with Gasteiger partial charge in [0.25, 0.3) is 0 Å². The van der Waals surface area contributed by atoms with Crippen molar-refractivity contribution in [3.63, 3.8) is 0 Å². The highest BCUT2D eigenvalue weighted by atomic mass is 16.7. The van der Waals surface area contributed by atoms with Crippen molar-refractivity contribution in [1.82, 2.24) is 0 Å². The molecule has 0 aliphatic carbocycles. The highest BCUT2D eigenvalue weighted by Gasteiger charge is 2.19. The Bertz CT molecular complexity index is 93.8. The fourth-order valence-electron chi connectivity index (χ4n) is 0.568. The van der Waals surface area contributed by atoms with Gasteiger partial charge in [-0.05, 0) is 6.92 Å². The summed E-state index contributed by atoms with van der Waals surface area (Å²) in [6, 6.07) is 0. The molecule has 1 atom stereocenters. The number of hydrogen-bond donors (Lipinski definition) is 0. The molecule has 0 aromatic rings. The maximum atomic E-state index is 10.4. The van der Waals surface area contributed by atoms with Crippen LogP contribution in [0.4, 0.5) is 0 Å². The first-order chi connectivity index (χ1) is 3.80. The molecule has 1 rings (SSSR count). The van der Waals surface area contributed by atoms with Crippen LogP contribution in [0.1, 0.15) is 6.92 Å². The average Bonchev–Trinajstić information content (AvgIpc) is 2.12. The van der Waals surface area contributed by atoms with Crippen molar-refractivity contribution in [2.45, 2.75) is 13.0 Å². The van der Waals surface area contributed by atoms with Crippen LogP contribution >= 0.6 is 0 Å². The van der Waals surface area contributed by atoms with E-state index < -0.39 is 0 Å². The average molecular weight is 116 g/mol. The molecule has 0 amide bonds. The van der Waals surface area contributed by atoms with Gasteiger partial charge in [-0.2, -0.15) is 0 Å². The van der Waals surface area contributed by atoms with E-state index in [1.807, 2.05) is 0 Å². The van der Waals surface area contributed by atoms with Crippen LogP contribution in [0.5, 0.6) is 0 Å². The van der Waals surface area contributed by atoms with E-state index in [0.717, 1.165) is 0 Å². The Hall–Kier alpha value is -0.410. The number of rotatable bonds is 1. The molecule has 0 aromatic carbocycles. The SMILES string of the molecule is CC(=O)C1COCO1. The van der Waals surface area contributed by atoms with Gasteiger partial charge in [0, 0.05) is 0 Å². The molecule has 0 spiro atoms. The van der Waals surface area contributed by atoms with Crippen LogP contribution in [0.2, 0.25) is 0 Å². The van der Waals surface area contributed by atoms with Gasteiger partial charge in [-0.1, -0.05) is 0 Å². The third kappa shape index (κ3) is 1.05. The molecule has 8 heavy (non-hydrogen) atoms. The third-order valence-corrected chi connectivity index (χ3v) is 1.08. The molecule has 1 unspecified atom stereocenters. The molecule has 1 saturated heterocycles. The first-order valence-corrected chi connectivity index (χ1v) is 2.50. The monoisotopic (exact) mass is 116 g/mol. The lowest BCUT2D eigenvalue weighted by molar-refractivity contribution is -0.125. The number of carbonyl (C=O) groups is 1. The van der Waals surface area contributed by atoms with E-state index in [1.54, 1.807) is 0 Å². The van der Waals surface area contributed by atoms with Gasteiger partial charge >= 0.3 is 0 Å². The highest BCUT2D eigenvalue weighted by Crippen LogP contribution is 2.02. The lowest BCUT2D eigenvalue weighted by atomic mass is 10.3. The minimum absolute atomic E-state index is 0.0440. The standard InChI is InChI=1S/C5H8O3/c1-4(6)5-2-7-3-8-5/h5H,2-3H2,1H3. The predicted octanol–water partition coefficient (Wildman–Crippen LogP) is -0.0517. The number of ketones is 1. The summed E-state index contributed by atoms with van der Waals surface area (Å²) in [5.74, 6) is 0.0440. The second-order valence-electron chi connectivity index (χ2n) is 1.75. The Labute approximate surface area is 47.6 Å². The van der Waals surface area contributed by atoms with Crippen LogP contribution in [0, 0.1) is 0 Å². The predicted molar refractivity (Wildman–Crippen MR) is 26.4 cm³/mol. The molecule has 0 aromatic heterocycles. The molecule has 1 aliphatic rings. The lowest BCUT2D eigenvalue weighted by Gasteiger charge is -1.97. The summed E-state index contributed by atoms with van der Waals surface area (Å²) in [7, 11) is 0. The molecule has 3 nitrogen and oxygen atoms in total. The van der Waals surface area contributed by atoms with E-state index in [4.69, 9.17) is 9.47 Å². The Morgan fingerprint density at radius 3 is 2.75 bits per heavy atom. The van der Waals surface area contributed by atoms with Gasteiger partial charge in [0.15, 0.2) is 5.78 Å². The molecule has 0 radical (unpaired) electrons. The molecule has 0 N–H and O–H groups in total. The topological polar surface area (TPSA) is 35.5 Å². The molecule has 0 bridgehead atoms. The largest absolute Gasteiger partial charge is 0.352 e. The zero-order valence-electron chi connectivity index (χ0n) is 4.72. The Morgan fingerprint density at radius 2 is 2.50 bits per heavy atom. The van der Waals surface area contributed by atoms with E-state index in [2.05, 4.69) is 0 Å². The fraction of sp³-hybridized carbons (Fsp3) is 0.800. The summed E-state index contributed by atoms with van der Waals surface area (Å²) in [6.45, 7) is 2.19. The first kappa shape index (κ1) is 5.72. The van der Waals surface area contributed by atoms with Crippen molar-refractivity contribution in [2.75, 3.05) is 13.4 Å². The summed E-state index contributed by atoms with van der Waals surface area (Å²) in [6.07, 6.45) is -0.296. The van der Waals surface area contributed by atoms with Crippen molar-refractivity contribution in [1.29, 1.82) is 0 Å². The molecular formula is C5H8O3. The van der Waals surface area contributed by atoms with E-state index in [-0.39, 0.29) is 18.7 Å². The number of hydrogen-bond acceptors (Lipinski definition) is 3. The normalized spacial score (nSPS) is 28.4. The summed E-state index contributed by atoms with van der Waals surface area (Å²) < 4.78 is 9.62. The summed E-state index contributed by atoms with van der Waals surface area (Å²) in [4.78, 5) is 10.4. The van der Waals surface area contributed by atoms with Crippen molar-refractivity contribution >= 4 is 5.78 Å². The highest BCUT2D eigenvalue weighted by molar-refractivity contribution is 5.80. The minimum Gasteiger partial charge on any atom is -0.352 e. The van der Waals surface area contributed by atoms with Crippen LogP contribution in [0.15, 0.2) is 0 Å². The summed E-state index contributed by atoms with van der Waals surface area (Å²) >= 11 is 0. The minimum atomic E-state index is -0.296. The van der Waals surface area contributed by atoms with Gasteiger partial charge in [-0.15, -0.1) is 0 Å². The molecule has 0 saturated carbocycles. The first-order valence-electron chi connectivity index (χ1n) is 2.50. The van der Waals surface area contributed by atoms with Gasteiger partial charge < -0.3 is 9.47 Å². The van der Waals surface area contributed by atoms with Gasteiger partial charge in [-0.25, -0.2) is 0 Å². The van der Waals surface area contributed by atoms with Crippen molar-refractivity contribution in [2.24, 2.45) is 0 Å². The van der Waals surface area contributed by atoms with Crippen LogP contribution in [-0.2, 0) is 14.3 Å². The van der Waals surface area contributed by atoms with Crippen LogP contribution in [0.3, 0.4) is 0 Å². The van der Waals surface area contributed by atoms with E-state index >= 15 is 0 Å². The Balaban J connectivity index is 2.35. The van der Waals surface area contributed by atoms with Gasteiger partial charge in [0.1, 0.15) is 12.9 Å². The van der Waals surface area contributed by atoms with Crippen LogP contribution < -0.4 is 0 Å².